The van der Waals surface area contributed by atoms with Gasteiger partial charge >= 0.3 is 11.9 Å². The molecule has 0 radical (unpaired) electrons. The fourth-order valence-electron chi connectivity index (χ4n) is 7.14. The van der Waals surface area contributed by atoms with Gasteiger partial charge in [0.25, 0.3) is 0 Å². The Morgan fingerprint density at radius 1 is 0.429 bits per heavy atom. The molecule has 6 nitrogen and oxygen atoms in total. The van der Waals surface area contributed by atoms with Crippen LogP contribution in [0.4, 0.5) is 0 Å². The average molecular weight is 830 g/mol. The molecule has 0 aromatic heterocycles. The van der Waals surface area contributed by atoms with Crippen molar-refractivity contribution >= 4 is 35.5 Å². The number of aliphatic hydroxyl groups excluding tert-OH is 1. The van der Waals surface area contributed by atoms with E-state index in [1.807, 2.05) is 23.5 Å². The minimum Gasteiger partial charge on any atom is -0.465 e. The lowest BCUT2D eigenvalue weighted by atomic mass is 10.1. The van der Waals surface area contributed by atoms with E-state index in [1.54, 1.807) is 0 Å². The van der Waals surface area contributed by atoms with E-state index in [2.05, 4.69) is 32.6 Å². The molecule has 334 valence electrons. The van der Waals surface area contributed by atoms with Gasteiger partial charge in [-0.25, -0.2) is 0 Å². The zero-order valence-corrected chi connectivity index (χ0v) is 39.4. The Morgan fingerprint density at radius 2 is 0.750 bits per heavy atom. The van der Waals surface area contributed by atoms with Crippen molar-refractivity contribution in [2.24, 2.45) is 0 Å². The molecule has 0 bridgehead atoms. The summed E-state index contributed by atoms with van der Waals surface area (Å²) in [7, 11) is 0. The first-order valence-corrected chi connectivity index (χ1v) is 26.5. The van der Waals surface area contributed by atoms with Crippen LogP contribution in [0.2, 0.25) is 0 Å². The van der Waals surface area contributed by atoms with E-state index >= 15 is 0 Å². The highest BCUT2D eigenvalue weighted by Crippen LogP contribution is 2.23. The van der Waals surface area contributed by atoms with Crippen LogP contribution >= 0.6 is 23.5 Å². The second-order valence-electron chi connectivity index (χ2n) is 16.4. The number of unbranched alkanes of at least 4 members (excludes halogenated alkanes) is 23. The Labute approximate surface area is 357 Å². The summed E-state index contributed by atoms with van der Waals surface area (Å²) in [5.41, 5.74) is 0. The second-order valence-corrected chi connectivity index (χ2v) is 19.0. The van der Waals surface area contributed by atoms with Crippen LogP contribution in [0.25, 0.3) is 0 Å². The normalized spacial score (nSPS) is 12.7. The van der Waals surface area contributed by atoms with Gasteiger partial charge in [-0.05, 0) is 95.3 Å². The summed E-state index contributed by atoms with van der Waals surface area (Å²) >= 11 is 3.66. The van der Waals surface area contributed by atoms with Gasteiger partial charge < -0.3 is 19.5 Å². The zero-order valence-electron chi connectivity index (χ0n) is 37.8. The SMILES string of the molecule is CCCCCCCCCCSC(CCCC)C(=O)OCCCCCCN(CCCCO)CCCCCCOC(=O)C(CCCC)SCCCCCCCCCC. The number of carbonyl (C=O) groups excluding carboxylic acids is 2. The Balaban J connectivity index is 4.22. The molecule has 1 N–H and O–H groups in total. The van der Waals surface area contributed by atoms with E-state index in [0.29, 0.717) is 13.2 Å². The van der Waals surface area contributed by atoms with Crippen molar-refractivity contribution in [3.05, 3.63) is 0 Å². The molecular weight excluding hydrogens is 735 g/mol. The Morgan fingerprint density at radius 3 is 1.12 bits per heavy atom. The zero-order chi connectivity index (χ0) is 41.0. The van der Waals surface area contributed by atoms with E-state index in [4.69, 9.17) is 9.47 Å². The molecule has 8 heteroatoms. The quantitative estimate of drug-likeness (QED) is 0.0480. The highest BCUT2D eigenvalue weighted by Gasteiger charge is 2.21. The van der Waals surface area contributed by atoms with Gasteiger partial charge in [0.15, 0.2) is 0 Å². The molecule has 0 aliphatic heterocycles. The Kier molecular flexibility index (Phi) is 45.3. The maximum Gasteiger partial charge on any atom is 0.319 e. The van der Waals surface area contributed by atoms with E-state index in [0.717, 1.165) is 134 Å². The first-order valence-electron chi connectivity index (χ1n) is 24.4. The topological polar surface area (TPSA) is 76.1 Å². The summed E-state index contributed by atoms with van der Waals surface area (Å²) < 4.78 is 11.6. The van der Waals surface area contributed by atoms with Crippen LogP contribution in [0.15, 0.2) is 0 Å². The first kappa shape index (κ1) is 55.6. The third-order valence-electron chi connectivity index (χ3n) is 10.9. The van der Waals surface area contributed by atoms with Crippen molar-refractivity contribution in [1.29, 1.82) is 0 Å². The molecule has 2 unspecified atom stereocenters. The Hall–Kier alpha value is -0.440. The number of hydrogen-bond donors (Lipinski definition) is 1. The third kappa shape index (κ3) is 37.8. The highest BCUT2D eigenvalue weighted by atomic mass is 32.2. The summed E-state index contributed by atoms with van der Waals surface area (Å²) in [6.07, 6.45) is 38.1. The summed E-state index contributed by atoms with van der Waals surface area (Å²) in [6.45, 7) is 13.5. The lowest BCUT2D eigenvalue weighted by Crippen LogP contribution is -2.27. The van der Waals surface area contributed by atoms with Crippen LogP contribution in [0, 0.1) is 0 Å². The number of thioether (sulfide) groups is 2. The molecule has 0 fully saturated rings. The predicted octanol–water partition coefficient (Wildman–Crippen LogP) is 14.1. The van der Waals surface area contributed by atoms with Gasteiger partial charge in [-0.2, -0.15) is 0 Å². The minimum absolute atomic E-state index is 0.00298. The summed E-state index contributed by atoms with van der Waals surface area (Å²) in [5, 5.41) is 9.33. The summed E-state index contributed by atoms with van der Waals surface area (Å²) in [4.78, 5) is 28.4. The van der Waals surface area contributed by atoms with Crippen molar-refractivity contribution in [2.75, 3.05) is 51.0 Å². The van der Waals surface area contributed by atoms with Gasteiger partial charge in [0, 0.05) is 6.61 Å². The van der Waals surface area contributed by atoms with Crippen molar-refractivity contribution in [2.45, 2.75) is 244 Å². The van der Waals surface area contributed by atoms with E-state index < -0.39 is 0 Å². The van der Waals surface area contributed by atoms with Crippen LogP contribution in [0.5, 0.6) is 0 Å². The van der Waals surface area contributed by atoms with Gasteiger partial charge in [0.1, 0.15) is 10.5 Å². The fraction of sp³-hybridized carbons (Fsp3) is 0.958. The lowest BCUT2D eigenvalue weighted by molar-refractivity contribution is -0.144. The number of hydrogen-bond acceptors (Lipinski definition) is 8. The number of esters is 2. The second kappa shape index (κ2) is 45.6. The van der Waals surface area contributed by atoms with Crippen LogP contribution in [-0.4, -0.2) is 83.4 Å². The van der Waals surface area contributed by atoms with Crippen molar-refractivity contribution in [1.82, 2.24) is 4.90 Å². The van der Waals surface area contributed by atoms with Crippen LogP contribution in [0.3, 0.4) is 0 Å². The molecule has 0 saturated heterocycles. The molecule has 0 amide bonds. The van der Waals surface area contributed by atoms with Crippen molar-refractivity contribution < 1.29 is 24.2 Å². The number of ether oxygens (including phenoxy) is 2. The third-order valence-corrected chi connectivity index (χ3v) is 13.6. The van der Waals surface area contributed by atoms with Gasteiger partial charge in [-0.3, -0.25) is 9.59 Å². The maximum atomic E-state index is 12.9. The molecule has 0 saturated carbocycles. The standard InChI is InChI=1S/C48H95NO5S2/c1-5-9-13-15-17-19-25-33-43-55-45(35-11-7-3)47(51)53-41-31-23-21-27-37-49(39-29-30-40-50)38-28-22-24-32-42-54-48(52)46(36-12-8-4)56-44-34-26-20-18-16-14-10-6-2/h45-46,50H,5-44H2,1-4H3. The fourth-order valence-corrected chi connectivity index (χ4v) is 9.52. The summed E-state index contributed by atoms with van der Waals surface area (Å²) in [6, 6.07) is 0. The number of rotatable bonds is 46. The summed E-state index contributed by atoms with van der Waals surface area (Å²) in [5.74, 6) is 2.16. The molecule has 56 heavy (non-hydrogen) atoms. The molecule has 2 atom stereocenters. The Bertz CT molecular complexity index is 758. The van der Waals surface area contributed by atoms with Gasteiger partial charge in [0.2, 0.25) is 0 Å². The number of aliphatic hydroxyl groups is 1. The van der Waals surface area contributed by atoms with Gasteiger partial charge in [-0.1, -0.05) is 169 Å². The number of nitrogens with zero attached hydrogens (tertiary/aromatic N) is 1. The maximum absolute atomic E-state index is 12.9. The smallest absolute Gasteiger partial charge is 0.319 e. The van der Waals surface area contributed by atoms with Gasteiger partial charge in [-0.15, -0.1) is 23.5 Å². The predicted molar refractivity (Wildman–Crippen MR) is 248 cm³/mol. The number of carbonyl (C=O) groups is 2. The highest BCUT2D eigenvalue weighted by molar-refractivity contribution is 8.00. The van der Waals surface area contributed by atoms with Crippen LogP contribution in [0.1, 0.15) is 233 Å². The first-order chi connectivity index (χ1) is 27.5. The monoisotopic (exact) mass is 830 g/mol. The average Bonchev–Trinajstić information content (AvgIpc) is 3.20. The molecule has 0 spiro atoms. The van der Waals surface area contributed by atoms with E-state index in [9.17, 15) is 14.7 Å². The van der Waals surface area contributed by atoms with Gasteiger partial charge in [0.05, 0.1) is 13.2 Å². The molecule has 0 aromatic rings. The molecule has 0 aliphatic carbocycles. The largest absolute Gasteiger partial charge is 0.465 e. The van der Waals surface area contributed by atoms with E-state index in [-0.39, 0.29) is 29.0 Å². The van der Waals surface area contributed by atoms with Crippen molar-refractivity contribution in [3.8, 4) is 0 Å². The van der Waals surface area contributed by atoms with Crippen LogP contribution < -0.4 is 0 Å². The molecular formula is C48H95NO5S2. The van der Waals surface area contributed by atoms with Crippen LogP contribution in [-0.2, 0) is 19.1 Å². The minimum atomic E-state index is 0.00298. The lowest BCUT2D eigenvalue weighted by Gasteiger charge is -2.22. The van der Waals surface area contributed by atoms with Crippen molar-refractivity contribution in [3.63, 3.8) is 0 Å². The molecule has 0 heterocycles. The molecule has 0 aliphatic rings. The molecule has 0 aromatic carbocycles. The van der Waals surface area contributed by atoms with E-state index in [1.165, 1.54) is 103 Å². The molecule has 0 rings (SSSR count).